The zero-order valence-electron chi connectivity index (χ0n) is 13.2. The first-order chi connectivity index (χ1) is 8.55. The number of halogens is 1. The first-order valence-corrected chi connectivity index (χ1v) is 6.70. The van der Waals surface area contributed by atoms with Crippen molar-refractivity contribution in [3.8, 4) is 0 Å². The lowest BCUT2D eigenvalue weighted by Crippen LogP contribution is -2.15. The van der Waals surface area contributed by atoms with Crippen LogP contribution in [0.4, 0.5) is 4.39 Å². The van der Waals surface area contributed by atoms with Gasteiger partial charge in [-0.05, 0) is 81.9 Å². The minimum Gasteiger partial charge on any atom is -0.239 e. The minimum absolute atomic E-state index is 0.813. The van der Waals surface area contributed by atoms with E-state index in [4.69, 9.17) is 0 Å². The van der Waals surface area contributed by atoms with Crippen molar-refractivity contribution in [1.29, 1.82) is 0 Å². The Morgan fingerprint density at radius 3 is 2.11 bits per heavy atom. The van der Waals surface area contributed by atoms with Crippen LogP contribution in [0.2, 0.25) is 0 Å². The predicted octanol–water partition coefficient (Wildman–Crippen LogP) is 5.80. The average Bonchev–Trinajstić information content (AvgIpc) is 2.23. The van der Waals surface area contributed by atoms with Crippen molar-refractivity contribution in [2.24, 2.45) is 0 Å². The van der Waals surface area contributed by atoms with Crippen molar-refractivity contribution in [2.45, 2.75) is 54.1 Å². The second kappa shape index (κ2) is 5.32. The highest BCUT2D eigenvalue weighted by Gasteiger charge is 2.25. The number of allylic oxidation sites excluding steroid dienone is 2. The van der Waals surface area contributed by atoms with Gasteiger partial charge in [0, 0.05) is 0 Å². The number of benzene rings is 1. The van der Waals surface area contributed by atoms with Crippen LogP contribution >= 0.6 is 0 Å². The normalized spacial score (nSPS) is 12.7. The molecule has 0 aliphatic heterocycles. The summed E-state index contributed by atoms with van der Waals surface area (Å²) in [6.07, 6.45) is 2.10. The van der Waals surface area contributed by atoms with E-state index in [0.717, 1.165) is 39.0 Å². The van der Waals surface area contributed by atoms with Crippen LogP contribution in [-0.2, 0) is 5.67 Å². The van der Waals surface area contributed by atoms with Crippen LogP contribution in [0.5, 0.6) is 0 Å². The Balaban J connectivity index is 3.59. The number of hydrogen-bond acceptors (Lipinski definition) is 0. The summed E-state index contributed by atoms with van der Waals surface area (Å²) in [4.78, 5) is 0. The van der Waals surface area contributed by atoms with Gasteiger partial charge in [-0.3, -0.25) is 0 Å². The molecule has 0 atom stereocenters. The third kappa shape index (κ3) is 3.34. The Morgan fingerprint density at radius 1 is 1.16 bits per heavy atom. The fourth-order valence-electron chi connectivity index (χ4n) is 2.47. The molecule has 1 aromatic rings. The molecule has 1 rings (SSSR count). The molecule has 0 aliphatic rings. The van der Waals surface area contributed by atoms with Gasteiger partial charge < -0.3 is 0 Å². The molecule has 0 saturated carbocycles. The molecule has 0 amide bonds. The smallest absolute Gasteiger partial charge is 0.131 e. The second-order valence-electron chi connectivity index (χ2n) is 5.99. The van der Waals surface area contributed by atoms with Crippen LogP contribution in [0.15, 0.2) is 23.8 Å². The summed E-state index contributed by atoms with van der Waals surface area (Å²) in [7, 11) is 0. The molecule has 1 aromatic carbocycles. The van der Waals surface area contributed by atoms with E-state index >= 15 is 0 Å². The van der Waals surface area contributed by atoms with Crippen molar-refractivity contribution in [3.05, 3.63) is 51.6 Å². The Morgan fingerprint density at radius 2 is 1.68 bits per heavy atom. The molecule has 0 unspecified atom stereocenters. The van der Waals surface area contributed by atoms with Gasteiger partial charge in [-0.15, -0.1) is 0 Å². The molecule has 0 saturated heterocycles. The molecule has 0 radical (unpaired) electrons. The van der Waals surface area contributed by atoms with Gasteiger partial charge in [0.15, 0.2) is 0 Å². The maximum absolute atomic E-state index is 14.5. The lowest BCUT2D eigenvalue weighted by atomic mass is 9.85. The molecule has 19 heavy (non-hydrogen) atoms. The summed E-state index contributed by atoms with van der Waals surface area (Å²) in [5, 5.41) is 0. The lowest BCUT2D eigenvalue weighted by Gasteiger charge is -2.23. The predicted molar refractivity (Wildman–Crippen MR) is 83.3 cm³/mol. The summed E-state index contributed by atoms with van der Waals surface area (Å²) in [5.74, 6) is 0. The maximum Gasteiger partial charge on any atom is 0.131 e. The van der Waals surface area contributed by atoms with Crippen molar-refractivity contribution in [2.75, 3.05) is 0 Å². The van der Waals surface area contributed by atoms with Gasteiger partial charge in [-0.1, -0.05) is 24.3 Å². The van der Waals surface area contributed by atoms with Gasteiger partial charge in [-0.2, -0.15) is 0 Å². The van der Waals surface area contributed by atoms with Gasteiger partial charge in [0.05, 0.1) is 0 Å². The average molecular weight is 260 g/mol. The summed E-state index contributed by atoms with van der Waals surface area (Å²) in [5.41, 5.74) is 5.96. The Kier molecular flexibility index (Phi) is 4.39. The van der Waals surface area contributed by atoms with Crippen LogP contribution in [0.25, 0.3) is 6.08 Å². The highest BCUT2D eigenvalue weighted by Crippen LogP contribution is 2.35. The standard InChI is InChI=1S/C18H25F/c1-11(2)12(3)9-16-10-13(4)14(5)17(15(16)6)18(7,8)19/h9-10H,1H2,2-8H3/b12-9-. The Bertz CT molecular complexity index is 540. The lowest BCUT2D eigenvalue weighted by molar-refractivity contribution is 0.219. The van der Waals surface area contributed by atoms with Gasteiger partial charge in [0.2, 0.25) is 0 Å². The molecule has 1 heteroatoms. The summed E-state index contributed by atoms with van der Waals surface area (Å²) >= 11 is 0. The molecule has 0 heterocycles. The first-order valence-electron chi connectivity index (χ1n) is 6.70. The van der Waals surface area contributed by atoms with Gasteiger partial charge in [0.1, 0.15) is 5.67 Å². The van der Waals surface area contributed by atoms with Crippen molar-refractivity contribution in [3.63, 3.8) is 0 Å². The third-order valence-electron chi connectivity index (χ3n) is 3.79. The first kappa shape index (κ1) is 15.7. The molecular weight excluding hydrogens is 235 g/mol. The number of aryl methyl sites for hydroxylation is 1. The van der Waals surface area contributed by atoms with Crippen LogP contribution in [0.3, 0.4) is 0 Å². The van der Waals surface area contributed by atoms with Crippen molar-refractivity contribution >= 4 is 6.08 Å². The Labute approximate surface area is 117 Å². The number of alkyl halides is 1. The molecule has 0 bridgehead atoms. The van der Waals surface area contributed by atoms with Crippen LogP contribution in [0.1, 0.15) is 55.5 Å². The minimum atomic E-state index is -1.32. The quantitative estimate of drug-likeness (QED) is 0.603. The fraction of sp³-hybridized carbons (Fsp3) is 0.444. The number of rotatable bonds is 3. The molecule has 0 N–H and O–H groups in total. The highest BCUT2D eigenvalue weighted by molar-refractivity contribution is 5.64. The van der Waals surface area contributed by atoms with Gasteiger partial charge >= 0.3 is 0 Å². The van der Waals surface area contributed by atoms with E-state index in [1.807, 2.05) is 34.6 Å². The van der Waals surface area contributed by atoms with Crippen LogP contribution < -0.4 is 0 Å². The van der Waals surface area contributed by atoms with E-state index in [9.17, 15) is 4.39 Å². The topological polar surface area (TPSA) is 0 Å². The molecule has 0 fully saturated rings. The van der Waals surface area contributed by atoms with E-state index in [-0.39, 0.29) is 0 Å². The van der Waals surface area contributed by atoms with E-state index in [1.165, 1.54) is 0 Å². The summed E-state index contributed by atoms with van der Waals surface area (Å²) in [6, 6.07) is 2.13. The van der Waals surface area contributed by atoms with E-state index < -0.39 is 5.67 Å². The number of hydrogen-bond donors (Lipinski definition) is 0. The van der Waals surface area contributed by atoms with E-state index in [0.29, 0.717) is 0 Å². The molecule has 104 valence electrons. The van der Waals surface area contributed by atoms with E-state index in [2.05, 4.69) is 18.7 Å². The van der Waals surface area contributed by atoms with Crippen molar-refractivity contribution in [1.82, 2.24) is 0 Å². The molecule has 0 nitrogen and oxygen atoms in total. The molecular formula is C18H25F. The zero-order valence-corrected chi connectivity index (χ0v) is 13.2. The van der Waals surface area contributed by atoms with Crippen LogP contribution in [0, 0.1) is 20.8 Å². The molecule has 0 aliphatic carbocycles. The highest BCUT2D eigenvalue weighted by atomic mass is 19.1. The SMILES string of the molecule is C=C(C)/C(C)=C\c1cc(C)c(C)c(C(C)(C)F)c1C. The fourth-order valence-corrected chi connectivity index (χ4v) is 2.47. The second-order valence-corrected chi connectivity index (χ2v) is 5.99. The summed E-state index contributed by atoms with van der Waals surface area (Å²) < 4.78 is 14.5. The monoisotopic (exact) mass is 260 g/mol. The zero-order chi connectivity index (χ0) is 15.0. The Hall–Kier alpha value is -1.37. The summed E-state index contributed by atoms with van der Waals surface area (Å²) in [6.45, 7) is 17.3. The molecule has 0 spiro atoms. The molecule has 0 aromatic heterocycles. The largest absolute Gasteiger partial charge is 0.239 e. The van der Waals surface area contributed by atoms with E-state index in [1.54, 1.807) is 13.8 Å². The third-order valence-corrected chi connectivity index (χ3v) is 3.79. The van der Waals surface area contributed by atoms with Crippen molar-refractivity contribution < 1.29 is 4.39 Å². The van der Waals surface area contributed by atoms with Crippen LogP contribution in [-0.4, -0.2) is 0 Å². The maximum atomic E-state index is 14.5. The van der Waals surface area contributed by atoms with Gasteiger partial charge in [0.25, 0.3) is 0 Å². The van der Waals surface area contributed by atoms with Gasteiger partial charge in [-0.25, -0.2) is 4.39 Å².